The quantitative estimate of drug-likeness (QED) is 0.913. The minimum atomic E-state index is 0. The van der Waals surface area contributed by atoms with Crippen LogP contribution in [0.1, 0.15) is 29.9 Å². The summed E-state index contributed by atoms with van der Waals surface area (Å²) in [6, 6.07) is 4.28. The molecule has 18 heavy (non-hydrogen) atoms. The Kier molecular flexibility index (Phi) is 5.76. The number of hydrogen-bond donors (Lipinski definition) is 1. The number of likely N-dealkylation sites (N-methyl/N-ethyl adjacent to an activating group) is 1. The Morgan fingerprint density at radius 1 is 1.22 bits per heavy atom. The summed E-state index contributed by atoms with van der Waals surface area (Å²) in [4.78, 5) is 0. The van der Waals surface area contributed by atoms with E-state index in [-0.39, 0.29) is 12.4 Å². The average Bonchev–Trinajstić information content (AvgIpc) is 2.38. The van der Waals surface area contributed by atoms with Gasteiger partial charge in [0.1, 0.15) is 0 Å². The monoisotopic (exact) mass is 271 g/mol. The molecule has 0 fully saturated rings. The van der Waals surface area contributed by atoms with Gasteiger partial charge in [0.15, 0.2) is 11.5 Å². The molecule has 2 rings (SSSR count). The van der Waals surface area contributed by atoms with Gasteiger partial charge in [0.05, 0.1) is 14.2 Å². The first-order chi connectivity index (χ1) is 8.30. The molecule has 0 amide bonds. The number of hydrogen-bond acceptors (Lipinski definition) is 3. The fourth-order valence-corrected chi connectivity index (χ4v) is 2.69. The maximum Gasteiger partial charge on any atom is 0.161 e. The van der Waals surface area contributed by atoms with E-state index in [1.165, 1.54) is 24.0 Å². The normalized spacial score (nSPS) is 17.6. The van der Waals surface area contributed by atoms with E-state index in [1.54, 1.807) is 14.2 Å². The van der Waals surface area contributed by atoms with Gasteiger partial charge in [-0.15, -0.1) is 12.4 Å². The third-order valence-corrected chi connectivity index (χ3v) is 3.53. The molecule has 0 saturated carbocycles. The molecule has 0 heterocycles. The highest BCUT2D eigenvalue weighted by Crippen LogP contribution is 2.38. The minimum absolute atomic E-state index is 0. The lowest BCUT2D eigenvalue weighted by atomic mass is 9.82. The van der Waals surface area contributed by atoms with Crippen molar-refractivity contribution in [2.75, 3.05) is 27.8 Å². The summed E-state index contributed by atoms with van der Waals surface area (Å²) >= 11 is 0. The fourth-order valence-electron chi connectivity index (χ4n) is 2.69. The molecule has 0 spiro atoms. The first-order valence-electron chi connectivity index (χ1n) is 6.19. The highest BCUT2D eigenvalue weighted by Gasteiger charge is 2.22. The van der Waals surface area contributed by atoms with Crippen molar-refractivity contribution in [2.24, 2.45) is 0 Å². The lowest BCUT2D eigenvalue weighted by Gasteiger charge is -2.26. The van der Waals surface area contributed by atoms with E-state index in [9.17, 15) is 0 Å². The van der Waals surface area contributed by atoms with Crippen molar-refractivity contribution in [3.05, 3.63) is 23.3 Å². The SMILES string of the molecule is CNCC1CCCc2cc(OC)c(OC)cc21.Cl. The van der Waals surface area contributed by atoms with Gasteiger partial charge in [0, 0.05) is 6.54 Å². The lowest BCUT2D eigenvalue weighted by Crippen LogP contribution is -2.21. The van der Waals surface area contributed by atoms with E-state index in [2.05, 4.69) is 17.4 Å². The van der Waals surface area contributed by atoms with Crippen LogP contribution in [0.15, 0.2) is 12.1 Å². The van der Waals surface area contributed by atoms with E-state index in [1.807, 2.05) is 7.05 Å². The van der Waals surface area contributed by atoms with E-state index in [0.717, 1.165) is 24.5 Å². The van der Waals surface area contributed by atoms with Crippen LogP contribution in [0.5, 0.6) is 11.5 Å². The molecule has 0 radical (unpaired) electrons. The van der Waals surface area contributed by atoms with E-state index >= 15 is 0 Å². The second kappa shape index (κ2) is 6.86. The summed E-state index contributed by atoms with van der Waals surface area (Å²) in [5, 5.41) is 3.27. The van der Waals surface area contributed by atoms with E-state index < -0.39 is 0 Å². The molecule has 1 aromatic rings. The van der Waals surface area contributed by atoms with Crippen LogP contribution >= 0.6 is 12.4 Å². The Morgan fingerprint density at radius 2 is 1.89 bits per heavy atom. The van der Waals surface area contributed by atoms with Crippen molar-refractivity contribution in [3.63, 3.8) is 0 Å². The zero-order valence-electron chi connectivity index (χ0n) is 11.3. The number of nitrogens with one attached hydrogen (secondary N) is 1. The van der Waals surface area contributed by atoms with Crippen LogP contribution in [0.2, 0.25) is 0 Å². The fraction of sp³-hybridized carbons (Fsp3) is 0.571. The third-order valence-electron chi connectivity index (χ3n) is 3.53. The number of fused-ring (bicyclic) bond motifs is 1. The third kappa shape index (κ3) is 2.90. The van der Waals surface area contributed by atoms with Crippen molar-refractivity contribution < 1.29 is 9.47 Å². The number of halogens is 1. The Balaban J connectivity index is 0.00000162. The van der Waals surface area contributed by atoms with Gasteiger partial charge in [0.25, 0.3) is 0 Å². The molecule has 0 aliphatic heterocycles. The molecule has 0 saturated heterocycles. The Bertz CT molecular complexity index is 396. The van der Waals surface area contributed by atoms with Gasteiger partial charge in [-0.05, 0) is 55.5 Å². The van der Waals surface area contributed by atoms with Gasteiger partial charge in [0.2, 0.25) is 0 Å². The van der Waals surface area contributed by atoms with Crippen molar-refractivity contribution in [2.45, 2.75) is 25.2 Å². The zero-order chi connectivity index (χ0) is 12.3. The average molecular weight is 272 g/mol. The number of methoxy groups -OCH3 is 2. The minimum Gasteiger partial charge on any atom is -0.493 e. The predicted molar refractivity (Wildman–Crippen MR) is 76.4 cm³/mol. The molecule has 1 aliphatic rings. The highest BCUT2D eigenvalue weighted by atomic mass is 35.5. The van der Waals surface area contributed by atoms with Gasteiger partial charge in [-0.3, -0.25) is 0 Å². The standard InChI is InChI=1S/C14H21NO2.ClH/c1-15-9-11-6-4-5-10-7-13(16-2)14(17-3)8-12(10)11;/h7-8,11,15H,4-6,9H2,1-3H3;1H. The molecule has 4 heteroatoms. The molecule has 1 unspecified atom stereocenters. The second-order valence-corrected chi connectivity index (χ2v) is 4.55. The van der Waals surface area contributed by atoms with Crippen LogP contribution in [0.3, 0.4) is 0 Å². The van der Waals surface area contributed by atoms with Crippen LogP contribution in [0.4, 0.5) is 0 Å². The summed E-state index contributed by atoms with van der Waals surface area (Å²) in [6.07, 6.45) is 3.66. The smallest absolute Gasteiger partial charge is 0.161 e. The number of rotatable bonds is 4. The van der Waals surface area contributed by atoms with Crippen LogP contribution in [-0.4, -0.2) is 27.8 Å². The molecular weight excluding hydrogens is 250 g/mol. The Morgan fingerprint density at radius 3 is 2.50 bits per heavy atom. The largest absolute Gasteiger partial charge is 0.493 e. The van der Waals surface area contributed by atoms with Crippen LogP contribution in [0, 0.1) is 0 Å². The summed E-state index contributed by atoms with van der Waals surface area (Å²) in [5.41, 5.74) is 2.83. The van der Waals surface area contributed by atoms with Crippen molar-refractivity contribution >= 4 is 12.4 Å². The molecule has 3 nitrogen and oxygen atoms in total. The van der Waals surface area contributed by atoms with Gasteiger partial charge < -0.3 is 14.8 Å². The Hall–Kier alpha value is -0.930. The summed E-state index contributed by atoms with van der Waals surface area (Å²) in [6.45, 7) is 1.03. The van der Waals surface area contributed by atoms with Gasteiger partial charge in [-0.25, -0.2) is 0 Å². The summed E-state index contributed by atoms with van der Waals surface area (Å²) in [5.74, 6) is 2.29. The topological polar surface area (TPSA) is 30.5 Å². The van der Waals surface area contributed by atoms with Crippen molar-refractivity contribution in [3.8, 4) is 11.5 Å². The van der Waals surface area contributed by atoms with Crippen LogP contribution < -0.4 is 14.8 Å². The predicted octanol–water partition coefficient (Wildman–Crippen LogP) is 2.76. The Labute approximate surface area is 115 Å². The van der Waals surface area contributed by atoms with E-state index in [0.29, 0.717) is 5.92 Å². The van der Waals surface area contributed by atoms with Crippen molar-refractivity contribution in [1.29, 1.82) is 0 Å². The molecule has 1 atom stereocenters. The second-order valence-electron chi connectivity index (χ2n) is 4.55. The summed E-state index contributed by atoms with van der Waals surface area (Å²) in [7, 11) is 5.40. The van der Waals surface area contributed by atoms with Gasteiger partial charge in [-0.2, -0.15) is 0 Å². The molecule has 1 aromatic carbocycles. The maximum absolute atomic E-state index is 5.38. The maximum atomic E-state index is 5.38. The lowest BCUT2D eigenvalue weighted by molar-refractivity contribution is 0.352. The number of ether oxygens (including phenoxy) is 2. The first kappa shape index (κ1) is 15.1. The van der Waals surface area contributed by atoms with Crippen LogP contribution in [-0.2, 0) is 6.42 Å². The van der Waals surface area contributed by atoms with Crippen LogP contribution in [0.25, 0.3) is 0 Å². The molecule has 0 aromatic heterocycles. The van der Waals surface area contributed by atoms with Gasteiger partial charge in [-0.1, -0.05) is 0 Å². The van der Waals surface area contributed by atoms with E-state index in [4.69, 9.17) is 9.47 Å². The highest BCUT2D eigenvalue weighted by molar-refractivity contribution is 5.85. The molecule has 0 bridgehead atoms. The zero-order valence-corrected chi connectivity index (χ0v) is 12.1. The van der Waals surface area contributed by atoms with Gasteiger partial charge >= 0.3 is 0 Å². The molecule has 1 aliphatic carbocycles. The molecule has 102 valence electrons. The molecule has 1 N–H and O–H groups in total. The number of aryl methyl sites for hydroxylation is 1. The number of benzene rings is 1. The summed E-state index contributed by atoms with van der Waals surface area (Å²) < 4.78 is 10.7. The van der Waals surface area contributed by atoms with Crippen molar-refractivity contribution in [1.82, 2.24) is 5.32 Å². The first-order valence-corrected chi connectivity index (χ1v) is 6.19. The molecular formula is C14H22ClNO2.